The minimum Gasteiger partial charge on any atom is -0.490 e. The van der Waals surface area contributed by atoms with Crippen molar-refractivity contribution in [2.75, 3.05) is 26.4 Å². The van der Waals surface area contributed by atoms with Gasteiger partial charge in [0, 0.05) is 13.2 Å². The Kier molecular flexibility index (Phi) is 6.29. The van der Waals surface area contributed by atoms with Gasteiger partial charge in [-0.05, 0) is 53.4 Å². The fourth-order valence-electron chi connectivity index (χ4n) is 2.05. The second kappa shape index (κ2) is 7.98. The van der Waals surface area contributed by atoms with E-state index in [9.17, 15) is 5.11 Å². The number of ether oxygens (including phenoxy) is 3. The van der Waals surface area contributed by atoms with E-state index >= 15 is 0 Å². The van der Waals surface area contributed by atoms with Crippen LogP contribution in [-0.2, 0) is 9.47 Å². The standard InChI is InChI=1S/C15H21BrO4/c1-11-2-3-15(14(16)8-11)20-10-12(17)9-19-13-4-6-18-7-5-13/h2-3,8,12-13,17H,4-7,9-10H2,1H3/t12-/m0/s1. The van der Waals surface area contributed by atoms with Gasteiger partial charge >= 0.3 is 0 Å². The average Bonchev–Trinajstić information content (AvgIpc) is 2.45. The van der Waals surface area contributed by atoms with E-state index in [1.165, 1.54) is 0 Å². The number of hydrogen-bond donors (Lipinski definition) is 1. The summed E-state index contributed by atoms with van der Waals surface area (Å²) in [7, 11) is 0. The molecule has 1 N–H and O–H groups in total. The highest BCUT2D eigenvalue weighted by molar-refractivity contribution is 9.10. The van der Waals surface area contributed by atoms with E-state index in [-0.39, 0.29) is 12.7 Å². The van der Waals surface area contributed by atoms with Crippen molar-refractivity contribution in [1.29, 1.82) is 0 Å². The fourth-order valence-corrected chi connectivity index (χ4v) is 2.65. The second-order valence-electron chi connectivity index (χ2n) is 5.04. The molecule has 4 nitrogen and oxygen atoms in total. The van der Waals surface area contributed by atoms with Crippen LogP contribution in [0.5, 0.6) is 5.75 Å². The van der Waals surface area contributed by atoms with Crippen LogP contribution in [0.3, 0.4) is 0 Å². The van der Waals surface area contributed by atoms with Gasteiger partial charge < -0.3 is 19.3 Å². The van der Waals surface area contributed by atoms with Gasteiger partial charge in [-0.1, -0.05) is 6.07 Å². The highest BCUT2D eigenvalue weighted by Gasteiger charge is 2.16. The number of aliphatic hydroxyl groups is 1. The third kappa shape index (κ3) is 5.05. The zero-order chi connectivity index (χ0) is 14.4. The van der Waals surface area contributed by atoms with Crippen LogP contribution in [0.1, 0.15) is 18.4 Å². The highest BCUT2D eigenvalue weighted by atomic mass is 79.9. The largest absolute Gasteiger partial charge is 0.490 e. The normalized spacial score (nSPS) is 17.9. The molecule has 1 saturated heterocycles. The first-order chi connectivity index (χ1) is 9.65. The Labute approximate surface area is 128 Å². The van der Waals surface area contributed by atoms with Gasteiger partial charge in [0.25, 0.3) is 0 Å². The van der Waals surface area contributed by atoms with Gasteiger partial charge in [-0.15, -0.1) is 0 Å². The van der Waals surface area contributed by atoms with E-state index in [1.807, 2.05) is 25.1 Å². The summed E-state index contributed by atoms with van der Waals surface area (Å²) in [4.78, 5) is 0. The quantitative estimate of drug-likeness (QED) is 0.861. The number of rotatable bonds is 6. The third-order valence-corrected chi connectivity index (χ3v) is 3.83. The first-order valence-electron chi connectivity index (χ1n) is 6.91. The molecule has 5 heteroatoms. The molecule has 1 aromatic rings. The summed E-state index contributed by atoms with van der Waals surface area (Å²) in [5.41, 5.74) is 1.16. The van der Waals surface area contributed by atoms with Crippen molar-refractivity contribution in [1.82, 2.24) is 0 Å². The van der Waals surface area contributed by atoms with E-state index in [0.717, 1.165) is 41.8 Å². The SMILES string of the molecule is Cc1ccc(OC[C@@H](O)COC2CCOCC2)c(Br)c1. The second-order valence-corrected chi connectivity index (χ2v) is 5.90. The van der Waals surface area contributed by atoms with Crippen LogP contribution in [0.2, 0.25) is 0 Å². The van der Waals surface area contributed by atoms with Gasteiger partial charge in [-0.3, -0.25) is 0 Å². The van der Waals surface area contributed by atoms with Crippen LogP contribution in [-0.4, -0.2) is 43.7 Å². The smallest absolute Gasteiger partial charge is 0.133 e. The van der Waals surface area contributed by atoms with E-state index in [4.69, 9.17) is 14.2 Å². The molecule has 0 amide bonds. The molecule has 1 aliphatic rings. The predicted octanol–water partition coefficient (Wildman–Crippen LogP) is 2.69. The number of aryl methyl sites for hydroxylation is 1. The lowest BCUT2D eigenvalue weighted by Crippen LogP contribution is -2.30. The Hall–Kier alpha value is -0.620. The Morgan fingerprint density at radius 1 is 1.35 bits per heavy atom. The molecule has 0 aliphatic carbocycles. The summed E-state index contributed by atoms with van der Waals surface area (Å²) in [5, 5.41) is 9.89. The topological polar surface area (TPSA) is 47.9 Å². The number of hydrogen-bond acceptors (Lipinski definition) is 4. The van der Waals surface area contributed by atoms with E-state index in [1.54, 1.807) is 0 Å². The van der Waals surface area contributed by atoms with E-state index in [2.05, 4.69) is 15.9 Å². The van der Waals surface area contributed by atoms with Crippen molar-refractivity contribution >= 4 is 15.9 Å². The van der Waals surface area contributed by atoms with Crippen LogP contribution in [0.15, 0.2) is 22.7 Å². The summed E-state index contributed by atoms with van der Waals surface area (Å²) >= 11 is 3.45. The molecule has 1 atom stereocenters. The first-order valence-corrected chi connectivity index (χ1v) is 7.71. The first kappa shape index (κ1) is 15.8. The molecular weight excluding hydrogens is 324 g/mol. The monoisotopic (exact) mass is 344 g/mol. The number of halogens is 1. The van der Waals surface area contributed by atoms with E-state index in [0.29, 0.717) is 6.61 Å². The lowest BCUT2D eigenvalue weighted by Gasteiger charge is -2.23. The Morgan fingerprint density at radius 3 is 2.80 bits per heavy atom. The van der Waals surface area contributed by atoms with Gasteiger partial charge in [0.15, 0.2) is 0 Å². The molecule has 0 saturated carbocycles. The van der Waals surface area contributed by atoms with Crippen LogP contribution in [0.4, 0.5) is 0 Å². The van der Waals surface area contributed by atoms with Crippen LogP contribution in [0.25, 0.3) is 0 Å². The molecule has 112 valence electrons. The molecule has 1 aliphatic heterocycles. The van der Waals surface area contributed by atoms with Crippen molar-refractivity contribution in [2.24, 2.45) is 0 Å². The number of benzene rings is 1. The van der Waals surface area contributed by atoms with Crippen molar-refractivity contribution in [2.45, 2.75) is 32.0 Å². The maximum atomic E-state index is 9.89. The summed E-state index contributed by atoms with van der Waals surface area (Å²) in [6.45, 7) is 4.03. The summed E-state index contributed by atoms with van der Waals surface area (Å²) < 4.78 is 17.4. The lowest BCUT2D eigenvalue weighted by atomic mass is 10.1. The van der Waals surface area contributed by atoms with Crippen LogP contribution >= 0.6 is 15.9 Å². The number of aliphatic hydroxyl groups excluding tert-OH is 1. The predicted molar refractivity (Wildman–Crippen MR) is 80.2 cm³/mol. The molecule has 0 radical (unpaired) electrons. The highest BCUT2D eigenvalue weighted by Crippen LogP contribution is 2.25. The molecule has 1 fully saturated rings. The van der Waals surface area contributed by atoms with Crippen molar-refractivity contribution in [3.05, 3.63) is 28.2 Å². The Bertz CT molecular complexity index is 418. The van der Waals surface area contributed by atoms with Crippen molar-refractivity contribution in [3.8, 4) is 5.75 Å². The molecule has 0 spiro atoms. The summed E-state index contributed by atoms with van der Waals surface area (Å²) in [6.07, 6.45) is 1.38. The van der Waals surface area contributed by atoms with Gasteiger partial charge in [0.05, 0.1) is 17.2 Å². The van der Waals surface area contributed by atoms with Gasteiger partial charge in [0.1, 0.15) is 18.5 Å². The molecule has 1 heterocycles. The van der Waals surface area contributed by atoms with Gasteiger partial charge in [-0.25, -0.2) is 0 Å². The zero-order valence-corrected chi connectivity index (χ0v) is 13.3. The van der Waals surface area contributed by atoms with Gasteiger partial charge in [-0.2, -0.15) is 0 Å². The average molecular weight is 345 g/mol. The van der Waals surface area contributed by atoms with Crippen molar-refractivity contribution < 1.29 is 19.3 Å². The fraction of sp³-hybridized carbons (Fsp3) is 0.600. The van der Waals surface area contributed by atoms with Gasteiger partial charge in [0.2, 0.25) is 0 Å². The molecule has 2 rings (SSSR count). The summed E-state index contributed by atoms with van der Waals surface area (Å²) in [6, 6.07) is 5.86. The molecular formula is C15H21BrO4. The van der Waals surface area contributed by atoms with E-state index < -0.39 is 6.10 Å². The minimum absolute atomic E-state index is 0.199. The molecule has 1 aromatic carbocycles. The van der Waals surface area contributed by atoms with Crippen molar-refractivity contribution in [3.63, 3.8) is 0 Å². The lowest BCUT2D eigenvalue weighted by molar-refractivity contribution is -0.0659. The molecule has 20 heavy (non-hydrogen) atoms. The third-order valence-electron chi connectivity index (χ3n) is 3.21. The van der Waals surface area contributed by atoms with Crippen LogP contribution in [0, 0.1) is 6.92 Å². The Balaban J connectivity index is 1.70. The maximum absolute atomic E-state index is 9.89. The van der Waals surface area contributed by atoms with Crippen LogP contribution < -0.4 is 4.74 Å². The maximum Gasteiger partial charge on any atom is 0.133 e. The molecule has 0 unspecified atom stereocenters. The molecule has 0 aromatic heterocycles. The summed E-state index contributed by atoms with van der Waals surface area (Å²) in [5.74, 6) is 0.737. The zero-order valence-electron chi connectivity index (χ0n) is 11.7. The minimum atomic E-state index is -0.619. The molecule has 0 bridgehead atoms. The Morgan fingerprint density at radius 2 is 2.10 bits per heavy atom.